The van der Waals surface area contributed by atoms with Crippen molar-refractivity contribution in [1.82, 2.24) is 0 Å². The summed E-state index contributed by atoms with van der Waals surface area (Å²) in [6.07, 6.45) is 0.0406. The Morgan fingerprint density at radius 3 is 2.58 bits per heavy atom. The molecule has 3 nitrogen and oxygen atoms in total. The highest BCUT2D eigenvalue weighted by Gasteiger charge is 2.17. The van der Waals surface area contributed by atoms with Crippen molar-refractivity contribution in [2.24, 2.45) is 0 Å². The molecule has 0 saturated carbocycles. The van der Waals surface area contributed by atoms with Crippen molar-refractivity contribution in [3.05, 3.63) is 29.0 Å². The molecule has 0 bridgehead atoms. The molecule has 0 heterocycles. The van der Waals surface area contributed by atoms with Crippen molar-refractivity contribution in [3.63, 3.8) is 0 Å². The summed E-state index contributed by atoms with van der Waals surface area (Å²) in [4.78, 5) is 11.9. The largest absolute Gasteiger partial charge is 0.460 e. The summed E-state index contributed by atoms with van der Waals surface area (Å²) in [5.41, 5.74) is -0.558. The topological polar surface area (TPSA) is 43.4 Å². The third-order valence-electron chi connectivity index (χ3n) is 2.07. The maximum absolute atomic E-state index is 13.0. The van der Waals surface area contributed by atoms with Crippen molar-refractivity contribution >= 4 is 28.4 Å². The van der Waals surface area contributed by atoms with E-state index < -0.39 is 28.2 Å². The van der Waals surface area contributed by atoms with Crippen LogP contribution in [0.15, 0.2) is 23.1 Å². The van der Waals surface area contributed by atoms with Gasteiger partial charge in [0, 0.05) is 10.6 Å². The predicted octanol–water partition coefficient (Wildman–Crippen LogP) is 3.32. The molecule has 0 spiro atoms. The number of benzene rings is 1. The molecule has 0 aliphatic carbocycles. The molecule has 0 N–H and O–H groups in total. The van der Waals surface area contributed by atoms with E-state index in [0.717, 1.165) is 6.07 Å². The first-order valence-corrected chi connectivity index (χ1v) is 7.44. The third-order valence-corrected chi connectivity index (χ3v) is 3.71. The molecule has 0 amide bonds. The zero-order valence-electron chi connectivity index (χ0n) is 11.0. The fraction of sp³-hybridized carbons (Fsp3) is 0.462. The fourth-order valence-electron chi connectivity index (χ4n) is 1.30. The van der Waals surface area contributed by atoms with Crippen LogP contribution in [-0.4, -0.2) is 21.5 Å². The van der Waals surface area contributed by atoms with E-state index in [1.165, 1.54) is 12.1 Å². The number of carbonyl (C=O) groups is 1. The maximum Gasteiger partial charge on any atom is 0.307 e. The summed E-state index contributed by atoms with van der Waals surface area (Å²) in [5, 5.41) is -0.0804. The Hall–Kier alpha value is -0.940. The molecule has 0 saturated heterocycles. The van der Waals surface area contributed by atoms with E-state index >= 15 is 0 Å². The van der Waals surface area contributed by atoms with E-state index in [2.05, 4.69) is 0 Å². The van der Waals surface area contributed by atoms with Crippen LogP contribution in [0.4, 0.5) is 4.39 Å². The molecule has 0 fully saturated rings. The van der Waals surface area contributed by atoms with Crippen LogP contribution in [0.5, 0.6) is 0 Å². The number of carbonyl (C=O) groups excluding carboxylic acids is 1. The summed E-state index contributed by atoms with van der Waals surface area (Å²) in [5.74, 6) is -0.847. The van der Waals surface area contributed by atoms with Gasteiger partial charge in [0.05, 0.1) is 22.2 Å². The lowest BCUT2D eigenvalue weighted by Gasteiger charge is -2.19. The van der Waals surface area contributed by atoms with Gasteiger partial charge >= 0.3 is 5.97 Å². The van der Waals surface area contributed by atoms with Crippen LogP contribution >= 0.6 is 11.6 Å². The van der Waals surface area contributed by atoms with Gasteiger partial charge in [0.2, 0.25) is 0 Å². The van der Waals surface area contributed by atoms with Gasteiger partial charge in [0.15, 0.2) is 0 Å². The molecule has 0 radical (unpaired) electrons. The highest BCUT2D eigenvalue weighted by molar-refractivity contribution is 7.85. The van der Waals surface area contributed by atoms with Gasteiger partial charge in [-0.25, -0.2) is 4.39 Å². The Kier molecular flexibility index (Phi) is 5.50. The van der Waals surface area contributed by atoms with Gasteiger partial charge in [-0.05, 0) is 39.0 Å². The number of esters is 1. The lowest BCUT2D eigenvalue weighted by molar-refractivity contribution is -0.154. The standard InChI is InChI=1S/C13H16ClFO3S/c1-13(2,3)18-12(16)6-7-19(17)9-4-5-11(15)10(14)8-9/h4-5,8H,6-7H2,1-3H3. The van der Waals surface area contributed by atoms with Crippen molar-refractivity contribution in [2.45, 2.75) is 37.7 Å². The van der Waals surface area contributed by atoms with Crippen LogP contribution in [0.1, 0.15) is 27.2 Å². The maximum atomic E-state index is 13.0. The van der Waals surface area contributed by atoms with Gasteiger partial charge in [-0.2, -0.15) is 0 Å². The molecule has 0 aromatic heterocycles. The molecular formula is C13H16ClFO3S. The van der Waals surface area contributed by atoms with Crippen LogP contribution in [0.2, 0.25) is 5.02 Å². The second kappa shape index (κ2) is 6.48. The van der Waals surface area contributed by atoms with E-state index in [1.54, 1.807) is 20.8 Å². The normalized spacial score (nSPS) is 13.1. The second-order valence-corrected chi connectivity index (χ2v) is 6.94. The highest BCUT2D eigenvalue weighted by Crippen LogP contribution is 2.19. The van der Waals surface area contributed by atoms with Crippen molar-refractivity contribution in [3.8, 4) is 0 Å². The van der Waals surface area contributed by atoms with Crippen molar-refractivity contribution < 1.29 is 18.1 Å². The fourth-order valence-corrected chi connectivity index (χ4v) is 2.61. The Morgan fingerprint density at radius 2 is 2.05 bits per heavy atom. The monoisotopic (exact) mass is 306 g/mol. The third kappa shape index (κ3) is 5.70. The molecule has 1 rings (SSSR count). The van der Waals surface area contributed by atoms with E-state index in [9.17, 15) is 13.4 Å². The summed E-state index contributed by atoms with van der Waals surface area (Å²) >= 11 is 5.61. The van der Waals surface area contributed by atoms with Crippen LogP contribution in [0, 0.1) is 5.82 Å². The van der Waals surface area contributed by atoms with Crippen LogP contribution in [0.25, 0.3) is 0 Å². The Morgan fingerprint density at radius 1 is 1.42 bits per heavy atom. The first-order valence-electron chi connectivity index (χ1n) is 5.74. The second-order valence-electron chi connectivity index (χ2n) is 4.96. The van der Waals surface area contributed by atoms with Gasteiger partial charge in [0.1, 0.15) is 11.4 Å². The first-order chi connectivity index (χ1) is 8.69. The molecule has 6 heteroatoms. The highest BCUT2D eigenvalue weighted by atomic mass is 35.5. The van der Waals surface area contributed by atoms with Crippen LogP contribution in [-0.2, 0) is 20.3 Å². The molecule has 1 aromatic carbocycles. The summed E-state index contributed by atoms with van der Waals surface area (Å²) in [6, 6.07) is 3.86. The molecule has 1 aromatic rings. The smallest absolute Gasteiger partial charge is 0.307 e. The molecule has 0 aliphatic rings. The lowest BCUT2D eigenvalue weighted by atomic mass is 10.2. The van der Waals surface area contributed by atoms with Crippen LogP contribution in [0.3, 0.4) is 0 Å². The SMILES string of the molecule is CC(C)(C)OC(=O)CCS(=O)c1ccc(F)c(Cl)c1. The van der Waals surface area contributed by atoms with Crippen molar-refractivity contribution in [2.75, 3.05) is 5.75 Å². The Bertz CT molecular complexity index is 497. The summed E-state index contributed by atoms with van der Waals surface area (Å²) < 4.78 is 30.0. The molecule has 1 atom stereocenters. The predicted molar refractivity (Wildman–Crippen MR) is 73.1 cm³/mol. The van der Waals surface area contributed by atoms with E-state index in [0.29, 0.717) is 4.90 Å². The van der Waals surface area contributed by atoms with Crippen molar-refractivity contribution in [1.29, 1.82) is 0 Å². The number of ether oxygens (including phenoxy) is 1. The number of hydrogen-bond acceptors (Lipinski definition) is 3. The zero-order valence-corrected chi connectivity index (χ0v) is 12.6. The van der Waals surface area contributed by atoms with Crippen LogP contribution < -0.4 is 0 Å². The number of hydrogen-bond donors (Lipinski definition) is 0. The quantitative estimate of drug-likeness (QED) is 0.802. The average molecular weight is 307 g/mol. The van der Waals surface area contributed by atoms with Gasteiger partial charge in [-0.1, -0.05) is 11.6 Å². The van der Waals surface area contributed by atoms with Gasteiger partial charge in [-0.3, -0.25) is 9.00 Å². The molecule has 106 valence electrons. The lowest BCUT2D eigenvalue weighted by Crippen LogP contribution is -2.24. The minimum Gasteiger partial charge on any atom is -0.460 e. The Balaban J connectivity index is 2.56. The zero-order chi connectivity index (χ0) is 14.6. The molecule has 1 unspecified atom stereocenters. The van der Waals surface area contributed by atoms with E-state index in [-0.39, 0.29) is 17.2 Å². The van der Waals surface area contributed by atoms with E-state index in [4.69, 9.17) is 16.3 Å². The first kappa shape index (κ1) is 16.1. The molecule has 19 heavy (non-hydrogen) atoms. The minimum absolute atomic E-state index is 0.0406. The van der Waals surface area contributed by atoms with E-state index in [1.807, 2.05) is 0 Å². The average Bonchev–Trinajstić information content (AvgIpc) is 2.27. The molecule has 0 aliphatic heterocycles. The van der Waals surface area contributed by atoms with Gasteiger partial charge < -0.3 is 4.74 Å². The number of rotatable bonds is 4. The molecular weight excluding hydrogens is 291 g/mol. The summed E-state index contributed by atoms with van der Waals surface area (Å²) in [6.45, 7) is 5.30. The Labute approximate surface area is 119 Å². The van der Waals surface area contributed by atoms with Gasteiger partial charge in [0.25, 0.3) is 0 Å². The van der Waals surface area contributed by atoms with Gasteiger partial charge in [-0.15, -0.1) is 0 Å². The summed E-state index contributed by atoms with van der Waals surface area (Å²) in [7, 11) is -1.40. The number of halogens is 2. The minimum atomic E-state index is -1.40.